The van der Waals surface area contributed by atoms with Gasteiger partial charge in [0.15, 0.2) is 0 Å². The molecule has 1 heterocycles. The van der Waals surface area contributed by atoms with Crippen molar-refractivity contribution in [3.8, 4) is 5.75 Å². The van der Waals surface area contributed by atoms with Gasteiger partial charge < -0.3 is 19.3 Å². The molecule has 0 unspecified atom stereocenters. The maximum atomic E-state index is 12.4. The summed E-state index contributed by atoms with van der Waals surface area (Å²) in [7, 11) is 0. The van der Waals surface area contributed by atoms with Crippen LogP contribution in [-0.2, 0) is 20.8 Å². The Bertz CT molecular complexity index is 604. The molecule has 0 N–H and O–H groups in total. The van der Waals surface area contributed by atoms with E-state index in [9.17, 15) is 14.4 Å². The zero-order valence-electron chi connectivity index (χ0n) is 15.0. The van der Waals surface area contributed by atoms with Crippen molar-refractivity contribution in [3.63, 3.8) is 0 Å². The van der Waals surface area contributed by atoms with Crippen molar-refractivity contribution in [1.29, 1.82) is 0 Å². The highest BCUT2D eigenvalue weighted by atomic mass is 16.5. The van der Waals surface area contributed by atoms with Gasteiger partial charge in [0.1, 0.15) is 11.5 Å². The maximum absolute atomic E-state index is 12.4. The molecule has 25 heavy (non-hydrogen) atoms. The molecule has 0 radical (unpaired) electrons. The van der Waals surface area contributed by atoms with Gasteiger partial charge in [0.25, 0.3) is 0 Å². The molecule has 0 spiro atoms. The van der Waals surface area contributed by atoms with Crippen LogP contribution >= 0.6 is 0 Å². The summed E-state index contributed by atoms with van der Waals surface area (Å²) in [5, 5.41) is 0. The Labute approximate surface area is 148 Å². The van der Waals surface area contributed by atoms with Crippen molar-refractivity contribution in [2.75, 3.05) is 32.8 Å². The zero-order valence-corrected chi connectivity index (χ0v) is 15.0. The molecule has 1 aromatic rings. The Balaban J connectivity index is 1.78. The smallest absolute Gasteiger partial charge is 0.227 e. The topological polar surface area (TPSA) is 66.9 Å². The fourth-order valence-corrected chi connectivity index (χ4v) is 2.80. The fraction of sp³-hybridized carbons (Fsp3) is 0.526. The second-order valence-corrected chi connectivity index (χ2v) is 6.22. The average molecular weight is 346 g/mol. The molecule has 0 aromatic heterocycles. The van der Waals surface area contributed by atoms with E-state index in [4.69, 9.17) is 4.74 Å². The number of nitrogens with zero attached hydrogens (tertiary/aromatic N) is 2. The minimum absolute atomic E-state index is 0.00573. The number of amides is 2. The summed E-state index contributed by atoms with van der Waals surface area (Å²) in [5.41, 5.74) is 0.952. The summed E-state index contributed by atoms with van der Waals surface area (Å²) >= 11 is 0. The molecule has 6 nitrogen and oxygen atoms in total. The van der Waals surface area contributed by atoms with Crippen molar-refractivity contribution in [2.24, 2.45) is 0 Å². The molecule has 2 rings (SSSR count). The quantitative estimate of drug-likeness (QED) is 0.753. The lowest BCUT2D eigenvalue weighted by Gasteiger charge is -2.35. The van der Waals surface area contributed by atoms with E-state index >= 15 is 0 Å². The molecule has 136 valence electrons. The van der Waals surface area contributed by atoms with Crippen LogP contribution in [0.2, 0.25) is 0 Å². The van der Waals surface area contributed by atoms with Crippen LogP contribution in [0.25, 0.3) is 0 Å². The van der Waals surface area contributed by atoms with E-state index in [1.54, 1.807) is 9.80 Å². The Kier molecular flexibility index (Phi) is 6.98. The van der Waals surface area contributed by atoms with Crippen LogP contribution in [0.3, 0.4) is 0 Å². The van der Waals surface area contributed by atoms with Gasteiger partial charge in [-0.15, -0.1) is 0 Å². The lowest BCUT2D eigenvalue weighted by atomic mass is 10.1. The average Bonchev–Trinajstić information content (AvgIpc) is 2.61. The monoisotopic (exact) mass is 346 g/mol. The highest BCUT2D eigenvalue weighted by molar-refractivity contribution is 5.84. The lowest BCUT2D eigenvalue weighted by molar-refractivity contribution is -0.139. The van der Waals surface area contributed by atoms with Gasteiger partial charge in [-0.05, 0) is 31.5 Å². The summed E-state index contributed by atoms with van der Waals surface area (Å²) in [6.07, 6.45) is 0.899. The molecular weight excluding hydrogens is 320 g/mol. The third-order valence-corrected chi connectivity index (χ3v) is 4.27. The molecule has 1 aliphatic heterocycles. The van der Waals surface area contributed by atoms with E-state index in [2.05, 4.69) is 0 Å². The number of benzene rings is 1. The molecule has 1 aromatic carbocycles. The standard InChI is InChI=1S/C19H26N2O4/c1-3-25-17-7-5-16(6-8-17)14-19(24)21-12-10-20(11-13-21)18(23)9-4-15(2)22/h5-8H,3-4,9-14H2,1-2H3. The summed E-state index contributed by atoms with van der Waals surface area (Å²) in [6.45, 7) is 6.20. The van der Waals surface area contributed by atoms with Crippen molar-refractivity contribution in [1.82, 2.24) is 9.80 Å². The molecule has 2 amide bonds. The van der Waals surface area contributed by atoms with Crippen LogP contribution in [0.5, 0.6) is 5.75 Å². The van der Waals surface area contributed by atoms with Crippen molar-refractivity contribution >= 4 is 17.6 Å². The first-order valence-electron chi connectivity index (χ1n) is 8.76. The molecule has 1 saturated heterocycles. The van der Waals surface area contributed by atoms with Gasteiger partial charge in [0, 0.05) is 39.0 Å². The van der Waals surface area contributed by atoms with Gasteiger partial charge in [0.05, 0.1) is 13.0 Å². The largest absolute Gasteiger partial charge is 0.494 e. The van der Waals surface area contributed by atoms with E-state index in [1.165, 1.54) is 6.92 Å². The minimum atomic E-state index is -0.00573. The number of piperazine rings is 1. The normalized spacial score (nSPS) is 14.3. The number of hydrogen-bond donors (Lipinski definition) is 0. The number of ketones is 1. The fourth-order valence-electron chi connectivity index (χ4n) is 2.80. The third kappa shape index (κ3) is 5.89. The van der Waals surface area contributed by atoms with Gasteiger partial charge >= 0.3 is 0 Å². The highest BCUT2D eigenvalue weighted by Crippen LogP contribution is 2.14. The minimum Gasteiger partial charge on any atom is -0.494 e. The molecule has 0 aliphatic carbocycles. The van der Waals surface area contributed by atoms with Crippen molar-refractivity contribution in [2.45, 2.75) is 33.1 Å². The molecule has 0 saturated carbocycles. The van der Waals surface area contributed by atoms with Gasteiger partial charge in [-0.2, -0.15) is 0 Å². The molecule has 6 heteroatoms. The number of rotatable bonds is 7. The summed E-state index contributed by atoms with van der Waals surface area (Å²) in [6, 6.07) is 7.56. The number of Topliss-reactive ketones (excluding diaryl/α,β-unsaturated/α-hetero) is 1. The molecule has 1 fully saturated rings. The number of ether oxygens (including phenoxy) is 1. The van der Waals surface area contributed by atoms with Crippen LogP contribution in [-0.4, -0.2) is 60.2 Å². The Morgan fingerprint density at radius 1 is 0.920 bits per heavy atom. The molecule has 0 atom stereocenters. The van der Waals surface area contributed by atoms with Gasteiger partial charge in [-0.25, -0.2) is 0 Å². The first-order valence-corrected chi connectivity index (χ1v) is 8.76. The second-order valence-electron chi connectivity index (χ2n) is 6.22. The van der Waals surface area contributed by atoms with E-state index < -0.39 is 0 Å². The predicted octanol–water partition coefficient (Wildman–Crippen LogP) is 1.67. The first-order chi connectivity index (χ1) is 12.0. The van der Waals surface area contributed by atoms with Crippen LogP contribution in [0.1, 0.15) is 32.3 Å². The summed E-state index contributed by atoms with van der Waals surface area (Å²) < 4.78 is 5.40. The van der Waals surface area contributed by atoms with E-state index in [-0.39, 0.29) is 30.4 Å². The zero-order chi connectivity index (χ0) is 18.2. The lowest BCUT2D eigenvalue weighted by Crippen LogP contribution is -2.51. The Morgan fingerprint density at radius 2 is 1.48 bits per heavy atom. The van der Waals surface area contributed by atoms with Gasteiger partial charge in [0.2, 0.25) is 11.8 Å². The molecule has 1 aliphatic rings. The second kappa shape index (κ2) is 9.20. The highest BCUT2D eigenvalue weighted by Gasteiger charge is 2.24. The van der Waals surface area contributed by atoms with Crippen molar-refractivity contribution in [3.05, 3.63) is 29.8 Å². The van der Waals surface area contributed by atoms with Crippen LogP contribution < -0.4 is 4.74 Å². The summed E-state index contributed by atoms with van der Waals surface area (Å²) in [5.74, 6) is 0.891. The number of carbonyl (C=O) groups excluding carboxylic acids is 3. The summed E-state index contributed by atoms with van der Waals surface area (Å²) in [4.78, 5) is 38.9. The van der Waals surface area contributed by atoms with Crippen LogP contribution in [0, 0.1) is 0 Å². The van der Waals surface area contributed by atoms with Crippen LogP contribution in [0.4, 0.5) is 0 Å². The van der Waals surface area contributed by atoms with E-state index in [0.717, 1.165) is 11.3 Å². The molecule has 0 bridgehead atoms. The molecular formula is C19H26N2O4. The Hall–Kier alpha value is -2.37. The van der Waals surface area contributed by atoms with E-state index in [0.29, 0.717) is 39.2 Å². The van der Waals surface area contributed by atoms with Gasteiger partial charge in [-0.1, -0.05) is 12.1 Å². The predicted molar refractivity (Wildman–Crippen MR) is 94.4 cm³/mol. The van der Waals surface area contributed by atoms with E-state index in [1.807, 2.05) is 31.2 Å². The third-order valence-electron chi connectivity index (χ3n) is 4.27. The first kappa shape index (κ1) is 19.0. The Morgan fingerprint density at radius 3 is 2.00 bits per heavy atom. The van der Waals surface area contributed by atoms with Gasteiger partial charge in [-0.3, -0.25) is 9.59 Å². The number of carbonyl (C=O) groups is 3. The van der Waals surface area contributed by atoms with Crippen LogP contribution in [0.15, 0.2) is 24.3 Å². The number of hydrogen-bond acceptors (Lipinski definition) is 4. The van der Waals surface area contributed by atoms with Crippen molar-refractivity contribution < 1.29 is 19.1 Å². The SMILES string of the molecule is CCOc1ccc(CC(=O)N2CCN(C(=O)CCC(C)=O)CC2)cc1. The maximum Gasteiger partial charge on any atom is 0.227 e.